The van der Waals surface area contributed by atoms with Crippen molar-refractivity contribution in [2.45, 2.75) is 6.18 Å². The standard InChI is InChI=1S/C9H6BrClF3NO/c10-6-3-1-2-5(7(6)11)8(16)15-4-9(12,13)14/h1-3H,4H2,(H,15,16). The second kappa shape index (κ2) is 5.05. The molecule has 0 aliphatic rings. The van der Waals surface area contributed by atoms with E-state index in [1.54, 1.807) is 11.4 Å². The Morgan fingerprint density at radius 1 is 1.44 bits per heavy atom. The van der Waals surface area contributed by atoms with Gasteiger partial charge in [-0.15, -0.1) is 0 Å². The van der Waals surface area contributed by atoms with E-state index in [0.717, 1.165) is 0 Å². The average Bonchev–Trinajstić information content (AvgIpc) is 2.17. The van der Waals surface area contributed by atoms with Gasteiger partial charge in [-0.25, -0.2) is 0 Å². The maximum atomic E-state index is 11.9. The number of halogens is 5. The topological polar surface area (TPSA) is 29.1 Å². The molecule has 0 heterocycles. The molecule has 7 heteroatoms. The molecule has 0 unspecified atom stereocenters. The van der Waals surface area contributed by atoms with Gasteiger partial charge in [0.2, 0.25) is 0 Å². The zero-order valence-electron chi connectivity index (χ0n) is 7.74. The van der Waals surface area contributed by atoms with E-state index in [1.807, 2.05) is 0 Å². The van der Waals surface area contributed by atoms with Crippen molar-refractivity contribution in [2.24, 2.45) is 0 Å². The number of carbonyl (C=O) groups is 1. The van der Waals surface area contributed by atoms with E-state index < -0.39 is 18.6 Å². The highest BCUT2D eigenvalue weighted by atomic mass is 79.9. The Bertz CT molecular complexity index is 408. The van der Waals surface area contributed by atoms with Crippen LogP contribution in [0.3, 0.4) is 0 Å². The van der Waals surface area contributed by atoms with E-state index in [-0.39, 0.29) is 10.6 Å². The van der Waals surface area contributed by atoms with Crippen molar-refractivity contribution in [1.82, 2.24) is 5.32 Å². The van der Waals surface area contributed by atoms with Crippen molar-refractivity contribution >= 4 is 33.4 Å². The summed E-state index contributed by atoms with van der Waals surface area (Å²) in [6, 6.07) is 4.44. The number of amides is 1. The van der Waals surface area contributed by atoms with E-state index in [4.69, 9.17) is 11.6 Å². The Labute approximate surface area is 103 Å². The third-order valence-corrected chi connectivity index (χ3v) is 2.94. The molecular weight excluding hydrogens is 310 g/mol. The summed E-state index contributed by atoms with van der Waals surface area (Å²) < 4.78 is 36.0. The molecule has 0 aliphatic carbocycles. The van der Waals surface area contributed by atoms with Crippen molar-refractivity contribution in [2.75, 3.05) is 6.54 Å². The van der Waals surface area contributed by atoms with Crippen LogP contribution in [-0.2, 0) is 0 Å². The van der Waals surface area contributed by atoms with Gasteiger partial charge in [-0.2, -0.15) is 13.2 Å². The van der Waals surface area contributed by atoms with E-state index >= 15 is 0 Å². The van der Waals surface area contributed by atoms with Crippen molar-refractivity contribution in [3.8, 4) is 0 Å². The molecule has 1 amide bonds. The van der Waals surface area contributed by atoms with Gasteiger partial charge in [-0.1, -0.05) is 17.7 Å². The molecule has 0 spiro atoms. The van der Waals surface area contributed by atoms with Gasteiger partial charge in [0.05, 0.1) is 10.6 Å². The zero-order chi connectivity index (χ0) is 12.3. The second-order valence-corrected chi connectivity index (χ2v) is 4.13. The molecule has 0 atom stereocenters. The first-order valence-corrected chi connectivity index (χ1v) is 5.27. The lowest BCUT2D eigenvalue weighted by Gasteiger charge is -2.09. The van der Waals surface area contributed by atoms with Crippen molar-refractivity contribution in [3.05, 3.63) is 33.3 Å². The Morgan fingerprint density at radius 2 is 2.06 bits per heavy atom. The smallest absolute Gasteiger partial charge is 0.343 e. The number of carbonyl (C=O) groups excluding carboxylic acids is 1. The van der Waals surface area contributed by atoms with Crippen LogP contribution < -0.4 is 5.32 Å². The van der Waals surface area contributed by atoms with Gasteiger partial charge in [-0.05, 0) is 28.1 Å². The van der Waals surface area contributed by atoms with Crippen molar-refractivity contribution in [1.29, 1.82) is 0 Å². The van der Waals surface area contributed by atoms with Gasteiger partial charge in [0.25, 0.3) is 5.91 Å². The minimum atomic E-state index is -4.44. The van der Waals surface area contributed by atoms with Gasteiger partial charge >= 0.3 is 6.18 Å². The summed E-state index contributed by atoms with van der Waals surface area (Å²) >= 11 is 8.82. The molecule has 1 aromatic rings. The van der Waals surface area contributed by atoms with Gasteiger partial charge in [-0.3, -0.25) is 4.79 Å². The predicted octanol–water partition coefficient (Wildman–Crippen LogP) is 3.39. The highest BCUT2D eigenvalue weighted by Gasteiger charge is 2.28. The van der Waals surface area contributed by atoms with Crippen LogP contribution in [0, 0.1) is 0 Å². The molecule has 0 radical (unpaired) electrons. The predicted molar refractivity (Wildman–Crippen MR) is 57.5 cm³/mol. The van der Waals surface area contributed by atoms with Crippen LogP contribution in [-0.4, -0.2) is 18.6 Å². The van der Waals surface area contributed by atoms with Crippen LogP contribution in [0.1, 0.15) is 10.4 Å². The molecule has 0 aliphatic heterocycles. The number of benzene rings is 1. The van der Waals surface area contributed by atoms with Crippen LogP contribution in [0.15, 0.2) is 22.7 Å². The summed E-state index contributed by atoms with van der Waals surface area (Å²) in [6.07, 6.45) is -4.44. The Morgan fingerprint density at radius 3 is 2.62 bits per heavy atom. The van der Waals surface area contributed by atoms with Crippen LogP contribution in [0.2, 0.25) is 5.02 Å². The quantitative estimate of drug-likeness (QED) is 0.890. The molecule has 0 fully saturated rings. The van der Waals surface area contributed by atoms with Gasteiger partial charge in [0, 0.05) is 4.47 Å². The van der Waals surface area contributed by atoms with E-state index in [9.17, 15) is 18.0 Å². The first-order valence-electron chi connectivity index (χ1n) is 4.10. The number of alkyl halides is 3. The van der Waals surface area contributed by atoms with Gasteiger partial charge in [0.15, 0.2) is 0 Å². The third kappa shape index (κ3) is 3.68. The number of hydrogen-bond donors (Lipinski definition) is 1. The monoisotopic (exact) mass is 315 g/mol. The Kier molecular flexibility index (Phi) is 4.21. The summed E-state index contributed by atoms with van der Waals surface area (Å²) in [6.45, 7) is -1.38. The molecular formula is C9H6BrClF3NO. The first-order chi connectivity index (χ1) is 7.31. The molecule has 0 saturated carbocycles. The zero-order valence-corrected chi connectivity index (χ0v) is 10.1. The van der Waals surface area contributed by atoms with Crippen molar-refractivity contribution in [3.63, 3.8) is 0 Å². The minimum absolute atomic E-state index is 0.000270. The first kappa shape index (κ1) is 13.3. The lowest BCUT2D eigenvalue weighted by molar-refractivity contribution is -0.123. The second-order valence-electron chi connectivity index (χ2n) is 2.90. The fourth-order valence-corrected chi connectivity index (χ4v) is 1.53. The normalized spacial score (nSPS) is 11.3. The van der Waals surface area contributed by atoms with Crippen LogP contribution in [0.25, 0.3) is 0 Å². The van der Waals surface area contributed by atoms with Gasteiger partial charge in [0.1, 0.15) is 6.54 Å². The Balaban J connectivity index is 2.78. The third-order valence-electron chi connectivity index (χ3n) is 1.65. The van der Waals surface area contributed by atoms with Crippen LogP contribution >= 0.6 is 27.5 Å². The summed E-state index contributed by atoms with van der Waals surface area (Å²) in [5.74, 6) is -0.858. The van der Waals surface area contributed by atoms with E-state index in [1.165, 1.54) is 12.1 Å². The Hall–Kier alpha value is -0.750. The molecule has 1 rings (SSSR count). The highest BCUT2D eigenvalue weighted by Crippen LogP contribution is 2.26. The molecule has 1 aromatic carbocycles. The van der Waals surface area contributed by atoms with E-state index in [2.05, 4.69) is 15.9 Å². The summed E-state index contributed by atoms with van der Waals surface area (Å²) in [5, 5.41) is 1.82. The van der Waals surface area contributed by atoms with Crippen LogP contribution in [0.5, 0.6) is 0 Å². The average molecular weight is 317 g/mol. The van der Waals surface area contributed by atoms with E-state index in [0.29, 0.717) is 4.47 Å². The minimum Gasteiger partial charge on any atom is -0.343 e. The van der Waals surface area contributed by atoms with Gasteiger partial charge < -0.3 is 5.32 Å². The molecule has 16 heavy (non-hydrogen) atoms. The van der Waals surface area contributed by atoms with Crippen LogP contribution in [0.4, 0.5) is 13.2 Å². The lowest BCUT2D eigenvalue weighted by Crippen LogP contribution is -2.33. The largest absolute Gasteiger partial charge is 0.405 e. The number of rotatable bonds is 2. The molecule has 0 aromatic heterocycles. The molecule has 2 nitrogen and oxygen atoms in total. The number of hydrogen-bond acceptors (Lipinski definition) is 1. The molecule has 88 valence electrons. The maximum Gasteiger partial charge on any atom is 0.405 e. The summed E-state index contributed by atoms with van der Waals surface area (Å²) in [7, 11) is 0. The fourth-order valence-electron chi connectivity index (χ4n) is 0.955. The molecule has 0 bridgehead atoms. The number of nitrogens with one attached hydrogen (secondary N) is 1. The highest BCUT2D eigenvalue weighted by molar-refractivity contribution is 9.10. The summed E-state index contributed by atoms with van der Waals surface area (Å²) in [5.41, 5.74) is 0.000270. The summed E-state index contributed by atoms with van der Waals surface area (Å²) in [4.78, 5) is 11.3. The maximum absolute atomic E-state index is 11.9. The lowest BCUT2D eigenvalue weighted by atomic mass is 10.2. The van der Waals surface area contributed by atoms with Crippen molar-refractivity contribution < 1.29 is 18.0 Å². The SMILES string of the molecule is O=C(NCC(F)(F)F)c1cccc(Br)c1Cl. The molecule has 0 saturated heterocycles. The molecule has 1 N–H and O–H groups in total. The fraction of sp³-hybridized carbons (Fsp3) is 0.222.